The lowest BCUT2D eigenvalue weighted by molar-refractivity contribution is -0.119. The van der Waals surface area contributed by atoms with Gasteiger partial charge in [-0.3, -0.25) is 14.5 Å². The van der Waals surface area contributed by atoms with Crippen molar-refractivity contribution in [3.8, 4) is 0 Å². The summed E-state index contributed by atoms with van der Waals surface area (Å²) < 4.78 is 163. The predicted octanol–water partition coefficient (Wildman–Crippen LogP) is 3.79. The number of benzene rings is 3. The van der Waals surface area contributed by atoms with Crippen molar-refractivity contribution in [3.63, 3.8) is 0 Å². The predicted molar refractivity (Wildman–Crippen MR) is 157 cm³/mol. The molecule has 0 aliphatic carbocycles. The quantitative estimate of drug-likeness (QED) is 0.352. The van der Waals surface area contributed by atoms with Crippen LogP contribution in [-0.4, -0.2) is 81.2 Å². The Bertz CT molecular complexity index is 2270. The molecule has 0 atom stereocenters. The van der Waals surface area contributed by atoms with Crippen molar-refractivity contribution in [2.45, 2.75) is 6.42 Å². The maximum absolute atomic E-state index is 13.8. The van der Waals surface area contributed by atoms with E-state index in [1.807, 2.05) is 0 Å². The molecule has 40 heavy (non-hydrogen) atoms. The fourth-order valence-corrected chi connectivity index (χ4v) is 3.89. The molecular weight excluding hydrogens is 504 g/mol. The van der Waals surface area contributed by atoms with E-state index in [1.165, 1.54) is 12.1 Å². The molecule has 3 aromatic carbocycles. The van der Waals surface area contributed by atoms with Crippen LogP contribution in [0.15, 0.2) is 72.6 Å². The van der Waals surface area contributed by atoms with Gasteiger partial charge >= 0.3 is 5.97 Å². The van der Waals surface area contributed by atoms with Crippen molar-refractivity contribution < 1.29 is 45.2 Å². The highest BCUT2D eigenvalue weighted by molar-refractivity contribution is 6.37. The second-order valence-corrected chi connectivity index (χ2v) is 8.46. The third-order valence-corrected chi connectivity index (χ3v) is 5.84. The third kappa shape index (κ3) is 5.83. The summed E-state index contributed by atoms with van der Waals surface area (Å²) in [5, 5.41) is 2.37. The van der Waals surface area contributed by atoms with Crippen LogP contribution in [0.1, 0.15) is 53.1 Å². The second kappa shape index (κ2) is 11.9. The molecule has 2 amide bonds. The Balaban J connectivity index is 1.66. The molecule has 3 aromatic rings. The zero-order valence-electron chi connectivity index (χ0n) is 40.2. The Morgan fingerprint density at radius 2 is 1.77 bits per heavy atom. The Hall–Kier alpha value is -4.27. The molecule has 0 bridgehead atoms. The molecule has 1 N–H and O–H groups in total. The second-order valence-electron chi connectivity index (χ2n) is 8.46. The zero-order valence-corrected chi connectivity index (χ0v) is 21.2. The summed E-state index contributed by atoms with van der Waals surface area (Å²) in [6.07, 6.45) is -0.511. The molecule has 8 nitrogen and oxygen atoms in total. The van der Waals surface area contributed by atoms with Crippen molar-refractivity contribution in [2.24, 2.45) is 0 Å². The minimum absolute atomic E-state index is 0.0300. The van der Waals surface area contributed by atoms with E-state index in [-0.39, 0.29) is 25.8 Å². The molecule has 2 aliphatic rings. The van der Waals surface area contributed by atoms with E-state index in [0.29, 0.717) is 0 Å². The summed E-state index contributed by atoms with van der Waals surface area (Å²) in [6.45, 7) is -18.0. The number of nitrogens with one attached hydrogen (secondary N) is 1. The molecule has 1 saturated heterocycles. The summed E-state index contributed by atoms with van der Waals surface area (Å²) >= 11 is 0. The van der Waals surface area contributed by atoms with Gasteiger partial charge in [0.25, 0.3) is 5.91 Å². The molecule has 0 unspecified atom stereocenters. The fraction of sp³-hybridized carbons (Fsp3) is 0.281. The molecule has 5 rings (SSSR count). The number of piperazine rings is 1. The largest absolute Gasteiger partial charge is 0.465 e. The first kappa shape index (κ1) is 12.5. The van der Waals surface area contributed by atoms with Crippen LogP contribution in [0.25, 0.3) is 11.1 Å². The van der Waals surface area contributed by atoms with Crippen LogP contribution < -0.4 is 10.2 Å². The summed E-state index contributed by atoms with van der Waals surface area (Å²) in [5.74, 6) is -3.67. The van der Waals surface area contributed by atoms with Gasteiger partial charge in [-0.15, -0.1) is 0 Å². The standard InChI is InChI=1S/C32H34N4O4/c1-34-15-17-36(18-16-34)21-29(37)35(2)25-12-9-22(10-13-25)19-27(23-7-5-4-6-8-23)30-26-14-11-24(32(39)40-3)20-28(26)33-31(30)38/h4-14,20H,15-19,21H2,1-3H3,(H,33,38)/b30-27+/i2D3,4D,5D,6D,7D,8D,11D,14D,15D2,16D2,17D2,18D2,20D. The smallest absolute Gasteiger partial charge is 0.337 e. The van der Waals surface area contributed by atoms with Crippen LogP contribution in [0.2, 0.25) is 0 Å². The molecule has 206 valence electrons. The molecule has 1 fully saturated rings. The third-order valence-electron chi connectivity index (χ3n) is 5.84. The minimum atomic E-state index is -3.39. The Kier molecular flexibility index (Phi) is 3.70. The number of rotatable bonds is 7. The molecule has 8 heteroatoms. The van der Waals surface area contributed by atoms with Crippen molar-refractivity contribution in [3.05, 3.63) is 94.9 Å². The number of amides is 2. The topological polar surface area (TPSA) is 82.2 Å². The van der Waals surface area contributed by atoms with Crippen LogP contribution in [0.3, 0.4) is 0 Å². The Labute approximate surface area is 261 Å². The Morgan fingerprint density at radius 1 is 1.05 bits per heavy atom. The van der Waals surface area contributed by atoms with Crippen LogP contribution in [0.4, 0.5) is 11.4 Å². The number of carbonyl (C=O) groups excluding carboxylic acids is 3. The van der Waals surface area contributed by atoms with Gasteiger partial charge < -0.3 is 19.9 Å². The fourth-order valence-electron chi connectivity index (χ4n) is 3.89. The van der Waals surface area contributed by atoms with Crippen molar-refractivity contribution in [1.29, 1.82) is 0 Å². The lowest BCUT2D eigenvalue weighted by Gasteiger charge is -2.32. The average molecular weight is 558 g/mol. The molecule has 0 aromatic heterocycles. The Morgan fingerprint density at radius 3 is 2.45 bits per heavy atom. The van der Waals surface area contributed by atoms with E-state index < -0.39 is 146 Å². The lowest BCUT2D eigenvalue weighted by Crippen LogP contribution is -2.48. The molecule has 0 spiro atoms. The summed E-state index contributed by atoms with van der Waals surface area (Å²) in [5.41, 5.74) is -3.02. The molecule has 0 radical (unpaired) electrons. The van der Waals surface area contributed by atoms with Crippen LogP contribution >= 0.6 is 0 Å². The van der Waals surface area contributed by atoms with E-state index in [1.54, 1.807) is 0 Å². The zero-order chi connectivity index (χ0) is 44.9. The number of hydrogen-bond acceptors (Lipinski definition) is 6. The summed E-state index contributed by atoms with van der Waals surface area (Å²) in [4.78, 5) is 40.3. The van der Waals surface area contributed by atoms with E-state index >= 15 is 0 Å². The number of likely N-dealkylation sites (N-methyl/N-ethyl adjacent to an activating group) is 2. The van der Waals surface area contributed by atoms with Crippen LogP contribution in [0, 0.1) is 0 Å². The van der Waals surface area contributed by atoms with Gasteiger partial charge in [-0.05, 0) is 54.4 Å². The van der Waals surface area contributed by atoms with E-state index in [2.05, 4.69) is 10.1 Å². The van der Waals surface area contributed by atoms with Gasteiger partial charge in [-0.2, -0.15) is 0 Å². The first-order chi connectivity index (χ1) is 26.9. The maximum atomic E-state index is 13.8. The number of ether oxygens (including phenoxy) is 1. The molecule has 2 heterocycles. The number of esters is 1. The maximum Gasteiger partial charge on any atom is 0.337 e. The highest BCUT2D eigenvalue weighted by Crippen LogP contribution is 2.39. The van der Waals surface area contributed by atoms with Crippen molar-refractivity contribution >= 4 is 40.3 Å². The number of carbonyl (C=O) groups is 3. The number of hydrogen-bond donors (Lipinski definition) is 1. The van der Waals surface area contributed by atoms with Gasteiger partial charge in [0.05, 0.1) is 35.8 Å². The number of methoxy groups -OCH3 is 1. The lowest BCUT2D eigenvalue weighted by atomic mass is 9.90. The average Bonchev–Trinajstić information content (AvgIpc) is 3.50. The minimum Gasteiger partial charge on any atom is -0.465 e. The van der Waals surface area contributed by atoms with Crippen molar-refractivity contribution in [2.75, 3.05) is 63.9 Å². The van der Waals surface area contributed by atoms with Gasteiger partial charge in [0.2, 0.25) is 5.91 Å². The normalized spacial score (nSPS) is 28.9. The van der Waals surface area contributed by atoms with Gasteiger partial charge in [0.1, 0.15) is 0 Å². The highest BCUT2D eigenvalue weighted by Gasteiger charge is 2.29. The van der Waals surface area contributed by atoms with E-state index in [0.717, 1.165) is 26.3 Å². The number of nitrogens with zero attached hydrogens (tertiary/aromatic N) is 3. The summed E-state index contributed by atoms with van der Waals surface area (Å²) in [7, 11) is 1.79. The number of allylic oxidation sites excluding steroid dienone is 1. The highest BCUT2D eigenvalue weighted by atomic mass is 16.5. The van der Waals surface area contributed by atoms with Gasteiger partial charge in [0.15, 0.2) is 0 Å². The van der Waals surface area contributed by atoms with Crippen LogP contribution in [-0.2, 0) is 20.7 Å². The molecular formula is C32H34N4O4. The van der Waals surface area contributed by atoms with Crippen molar-refractivity contribution in [1.82, 2.24) is 9.80 Å². The van der Waals surface area contributed by atoms with Gasteiger partial charge in [-0.25, -0.2) is 4.79 Å². The van der Waals surface area contributed by atoms with E-state index in [9.17, 15) is 14.4 Å². The first-order valence-corrected chi connectivity index (χ1v) is 11.7. The van der Waals surface area contributed by atoms with Crippen LogP contribution in [0.5, 0.6) is 0 Å². The van der Waals surface area contributed by atoms with Gasteiger partial charge in [0, 0.05) is 65.0 Å². The summed E-state index contributed by atoms with van der Waals surface area (Å²) in [6, 6.07) is -1.61. The SMILES string of the molecule is [2H]c1c([2H])c([2H])c(/C(Cc2ccc(N(C(=O)CN3C([2H])([2H])C([2H])([2H])N(C)C([2H])([2H])C3([2H])[2H])C([2H])([2H])[2H])cc2)=C2/C(=O)Nc3c([2H])c(C(=O)OC)c([2H])c([2H])c32)c([2H])c1[2H]. The number of fused-ring (bicyclic) bond motifs is 1. The monoisotopic (exact) mass is 557 g/mol. The van der Waals surface area contributed by atoms with E-state index in [4.69, 9.17) is 26.0 Å². The first-order valence-electron chi connectivity index (χ1n) is 21.2. The molecule has 2 aliphatic heterocycles. The van der Waals surface area contributed by atoms with Gasteiger partial charge in [-0.1, -0.05) is 48.4 Å². The number of anilines is 2. The molecule has 0 saturated carbocycles.